The van der Waals surface area contributed by atoms with E-state index in [4.69, 9.17) is 4.74 Å². The molecule has 0 aliphatic carbocycles. The third kappa shape index (κ3) is 4.03. The van der Waals surface area contributed by atoms with Gasteiger partial charge < -0.3 is 19.6 Å². The lowest BCUT2D eigenvalue weighted by molar-refractivity contribution is -0.141. The minimum absolute atomic E-state index is 0.00239. The molecule has 1 atom stereocenters. The molecule has 0 amide bonds. The Kier molecular flexibility index (Phi) is 5.35. The molecule has 0 saturated carbocycles. The highest BCUT2D eigenvalue weighted by atomic mass is 19.4. The van der Waals surface area contributed by atoms with Gasteiger partial charge in [0.05, 0.1) is 29.5 Å². The van der Waals surface area contributed by atoms with Crippen molar-refractivity contribution in [2.24, 2.45) is 0 Å². The summed E-state index contributed by atoms with van der Waals surface area (Å²) in [6.45, 7) is 3.75. The van der Waals surface area contributed by atoms with Crippen LogP contribution in [0.25, 0.3) is 22.6 Å². The molecule has 176 valence electrons. The van der Waals surface area contributed by atoms with Gasteiger partial charge in [-0.3, -0.25) is 9.78 Å². The first-order chi connectivity index (χ1) is 16.2. The lowest BCUT2D eigenvalue weighted by Crippen LogP contribution is -2.41. The van der Waals surface area contributed by atoms with E-state index in [1.807, 2.05) is 11.8 Å². The summed E-state index contributed by atoms with van der Waals surface area (Å²) >= 11 is 0. The van der Waals surface area contributed by atoms with Gasteiger partial charge in [0.25, 0.3) is 0 Å². The number of nitrogens with zero attached hydrogens (tertiary/aromatic N) is 3. The van der Waals surface area contributed by atoms with Gasteiger partial charge in [0.15, 0.2) is 23.1 Å². The summed E-state index contributed by atoms with van der Waals surface area (Å²) < 4.78 is 60.1. The molecule has 3 aromatic heterocycles. The molecule has 0 radical (unpaired) electrons. The SMILES string of the molecule is C[C@@H]1CN(c2cc(F)c3nc(-c4cc(C(=O)c5cccnc5C(F)(F)F)c[nH]4)[nH]c3c2)CCO1. The third-order valence-corrected chi connectivity index (χ3v) is 5.65. The summed E-state index contributed by atoms with van der Waals surface area (Å²) in [6, 6.07) is 6.92. The molecule has 11 heteroatoms. The quantitative estimate of drug-likeness (QED) is 0.335. The number of ether oxygens (including phenoxy) is 1. The van der Waals surface area contributed by atoms with Crippen LogP contribution < -0.4 is 4.90 Å². The number of aromatic amines is 2. The number of anilines is 1. The number of fused-ring (bicyclic) bond motifs is 1. The Hall–Kier alpha value is -3.73. The molecule has 0 bridgehead atoms. The maximum Gasteiger partial charge on any atom is 0.434 e. The smallest absolute Gasteiger partial charge is 0.375 e. The predicted octanol–water partition coefficient (Wildman–Crippen LogP) is 4.57. The highest BCUT2D eigenvalue weighted by molar-refractivity contribution is 6.10. The second kappa shape index (κ2) is 8.24. The number of hydrogen-bond donors (Lipinski definition) is 2. The summed E-state index contributed by atoms with van der Waals surface area (Å²) in [5, 5.41) is 0. The van der Waals surface area contributed by atoms with E-state index >= 15 is 0 Å². The van der Waals surface area contributed by atoms with Crippen molar-refractivity contribution < 1.29 is 27.1 Å². The van der Waals surface area contributed by atoms with Crippen LogP contribution in [-0.2, 0) is 10.9 Å². The number of carbonyl (C=O) groups excluding carboxylic acids is 1. The number of aromatic nitrogens is 4. The average Bonchev–Trinajstić information content (AvgIpc) is 3.46. The second-order valence-electron chi connectivity index (χ2n) is 8.07. The molecule has 1 fully saturated rings. The highest BCUT2D eigenvalue weighted by Crippen LogP contribution is 2.32. The number of hydrogen-bond acceptors (Lipinski definition) is 5. The average molecular weight is 473 g/mol. The van der Waals surface area contributed by atoms with Crippen LogP contribution >= 0.6 is 0 Å². The molecule has 0 unspecified atom stereocenters. The van der Waals surface area contributed by atoms with E-state index in [-0.39, 0.29) is 23.0 Å². The zero-order valence-corrected chi connectivity index (χ0v) is 17.9. The van der Waals surface area contributed by atoms with Crippen molar-refractivity contribution >= 4 is 22.5 Å². The molecule has 4 heterocycles. The number of H-pyrrole nitrogens is 2. The van der Waals surface area contributed by atoms with Crippen molar-refractivity contribution in [2.75, 3.05) is 24.6 Å². The maximum atomic E-state index is 14.8. The van der Waals surface area contributed by atoms with Crippen LogP contribution in [0, 0.1) is 5.82 Å². The van der Waals surface area contributed by atoms with E-state index in [1.54, 1.807) is 6.07 Å². The van der Waals surface area contributed by atoms with Gasteiger partial charge in [-0.15, -0.1) is 0 Å². The maximum absolute atomic E-state index is 14.8. The number of pyridine rings is 1. The van der Waals surface area contributed by atoms with Crippen molar-refractivity contribution in [2.45, 2.75) is 19.2 Å². The van der Waals surface area contributed by atoms with Crippen LogP contribution in [0.4, 0.5) is 23.2 Å². The van der Waals surface area contributed by atoms with Crippen LogP contribution in [0.15, 0.2) is 42.7 Å². The molecule has 1 aliphatic heterocycles. The van der Waals surface area contributed by atoms with Gasteiger partial charge in [-0.1, -0.05) is 0 Å². The molecule has 1 aliphatic rings. The Bertz CT molecular complexity index is 1380. The van der Waals surface area contributed by atoms with E-state index in [0.717, 1.165) is 12.3 Å². The molecule has 7 nitrogen and oxygen atoms in total. The molecule has 4 aromatic rings. The number of morpholine rings is 1. The van der Waals surface area contributed by atoms with Crippen LogP contribution in [0.2, 0.25) is 0 Å². The van der Waals surface area contributed by atoms with E-state index in [2.05, 4.69) is 19.9 Å². The molecular weight excluding hydrogens is 454 g/mol. The molecular formula is C23H19F4N5O2. The van der Waals surface area contributed by atoms with E-state index in [1.165, 1.54) is 24.4 Å². The number of nitrogens with one attached hydrogen (secondary N) is 2. The summed E-state index contributed by atoms with van der Waals surface area (Å²) in [5.41, 5.74) is -0.212. The van der Waals surface area contributed by atoms with Gasteiger partial charge in [0, 0.05) is 36.7 Å². The van der Waals surface area contributed by atoms with Gasteiger partial charge in [-0.25, -0.2) is 9.37 Å². The summed E-state index contributed by atoms with van der Waals surface area (Å²) in [7, 11) is 0. The molecule has 2 N–H and O–H groups in total. The zero-order chi connectivity index (χ0) is 24.0. The minimum atomic E-state index is -4.77. The van der Waals surface area contributed by atoms with Crippen LogP contribution in [0.3, 0.4) is 0 Å². The number of benzene rings is 1. The van der Waals surface area contributed by atoms with Crippen molar-refractivity contribution in [3.8, 4) is 11.5 Å². The van der Waals surface area contributed by atoms with Gasteiger partial charge in [-0.05, 0) is 37.3 Å². The summed E-state index contributed by atoms with van der Waals surface area (Å²) in [4.78, 5) is 28.2. The first-order valence-electron chi connectivity index (χ1n) is 10.5. The Balaban J connectivity index is 1.46. The monoisotopic (exact) mass is 473 g/mol. The highest BCUT2D eigenvalue weighted by Gasteiger charge is 2.37. The Labute approximate surface area is 190 Å². The van der Waals surface area contributed by atoms with Crippen molar-refractivity contribution in [1.82, 2.24) is 19.9 Å². The Morgan fingerprint density at radius 2 is 2.09 bits per heavy atom. The lowest BCUT2D eigenvalue weighted by atomic mass is 10.0. The largest absolute Gasteiger partial charge is 0.434 e. The first kappa shape index (κ1) is 22.1. The number of alkyl halides is 3. The minimum Gasteiger partial charge on any atom is -0.375 e. The van der Waals surface area contributed by atoms with Crippen molar-refractivity contribution in [1.29, 1.82) is 0 Å². The molecule has 1 saturated heterocycles. The predicted molar refractivity (Wildman–Crippen MR) is 116 cm³/mol. The summed E-state index contributed by atoms with van der Waals surface area (Å²) in [6.07, 6.45) is -2.47. The number of ketones is 1. The number of halogens is 4. The number of imidazole rings is 1. The zero-order valence-electron chi connectivity index (χ0n) is 17.9. The first-order valence-corrected chi connectivity index (χ1v) is 10.5. The molecule has 5 rings (SSSR count). The van der Waals surface area contributed by atoms with E-state index in [9.17, 15) is 22.4 Å². The second-order valence-corrected chi connectivity index (χ2v) is 8.07. The lowest BCUT2D eigenvalue weighted by Gasteiger charge is -2.32. The van der Waals surface area contributed by atoms with E-state index in [0.29, 0.717) is 36.6 Å². The number of carbonyl (C=O) groups is 1. The van der Waals surface area contributed by atoms with Crippen LogP contribution in [-0.4, -0.2) is 51.5 Å². The fourth-order valence-electron chi connectivity index (χ4n) is 4.06. The standard InChI is InChI=1S/C23H19F4N5O2/c1-12-11-32(5-6-34-12)14-8-16(24)19-17(9-14)30-22(31-19)18-7-13(10-29-18)20(33)15-3-2-4-28-21(15)23(25,26)27/h2-4,7-10,12,29H,5-6,11H2,1H3,(H,30,31)/t12-/m1/s1. The van der Waals surface area contributed by atoms with Gasteiger partial charge in [0.2, 0.25) is 0 Å². The Morgan fingerprint density at radius 3 is 2.85 bits per heavy atom. The number of rotatable bonds is 4. The molecule has 34 heavy (non-hydrogen) atoms. The topological polar surface area (TPSA) is 86.9 Å². The fraction of sp³-hybridized carbons (Fsp3) is 0.261. The van der Waals surface area contributed by atoms with Gasteiger partial charge in [0.1, 0.15) is 5.52 Å². The normalized spacial score (nSPS) is 16.9. The van der Waals surface area contributed by atoms with Crippen LogP contribution in [0.5, 0.6) is 0 Å². The van der Waals surface area contributed by atoms with Gasteiger partial charge in [-0.2, -0.15) is 13.2 Å². The van der Waals surface area contributed by atoms with Crippen LogP contribution in [0.1, 0.15) is 28.5 Å². The van der Waals surface area contributed by atoms with E-state index < -0.39 is 29.0 Å². The van der Waals surface area contributed by atoms with Gasteiger partial charge >= 0.3 is 6.18 Å². The summed E-state index contributed by atoms with van der Waals surface area (Å²) in [5.74, 6) is -1.10. The van der Waals surface area contributed by atoms with Crippen molar-refractivity contribution in [3.05, 3.63) is 65.4 Å². The molecule has 1 aromatic carbocycles. The third-order valence-electron chi connectivity index (χ3n) is 5.65. The Morgan fingerprint density at radius 1 is 1.26 bits per heavy atom. The fourth-order valence-corrected chi connectivity index (χ4v) is 4.06. The molecule has 0 spiro atoms. The van der Waals surface area contributed by atoms with Crippen molar-refractivity contribution in [3.63, 3.8) is 0 Å².